The zero-order valence-corrected chi connectivity index (χ0v) is 12.9. The van der Waals surface area contributed by atoms with E-state index in [2.05, 4.69) is 18.9 Å². The van der Waals surface area contributed by atoms with E-state index < -0.39 is 0 Å². The first-order valence-corrected chi connectivity index (χ1v) is 7.75. The van der Waals surface area contributed by atoms with Crippen LogP contribution in [0.5, 0.6) is 11.5 Å². The Balaban J connectivity index is 2.03. The summed E-state index contributed by atoms with van der Waals surface area (Å²) in [6.07, 6.45) is 5.21. The monoisotopic (exact) mass is 277 g/mol. The van der Waals surface area contributed by atoms with E-state index in [1.807, 2.05) is 25.1 Å². The van der Waals surface area contributed by atoms with Crippen molar-refractivity contribution in [2.24, 2.45) is 5.92 Å². The maximum atomic E-state index is 10.3. The molecule has 0 aliphatic heterocycles. The normalized spacial score (nSPS) is 23.0. The minimum absolute atomic E-state index is 0.296. The first-order valence-electron chi connectivity index (χ1n) is 7.75. The van der Waals surface area contributed by atoms with E-state index in [0.717, 1.165) is 18.0 Å². The second-order valence-electron chi connectivity index (χ2n) is 6.04. The molecule has 20 heavy (non-hydrogen) atoms. The summed E-state index contributed by atoms with van der Waals surface area (Å²) >= 11 is 0. The number of para-hydroxylation sites is 1. The molecule has 2 unspecified atom stereocenters. The number of nitrogens with zero attached hydrogens (tertiary/aromatic N) is 1. The van der Waals surface area contributed by atoms with Gasteiger partial charge in [-0.1, -0.05) is 31.9 Å². The highest BCUT2D eigenvalue weighted by Crippen LogP contribution is 2.32. The fourth-order valence-electron chi connectivity index (χ4n) is 3.17. The third-order valence-electron chi connectivity index (χ3n) is 4.33. The van der Waals surface area contributed by atoms with Crippen molar-refractivity contribution in [3.05, 3.63) is 23.8 Å². The predicted molar refractivity (Wildman–Crippen MR) is 82.2 cm³/mol. The molecule has 1 fully saturated rings. The Kier molecular flexibility index (Phi) is 5.30. The van der Waals surface area contributed by atoms with E-state index >= 15 is 0 Å². The molecule has 0 radical (unpaired) electrons. The summed E-state index contributed by atoms with van der Waals surface area (Å²) in [6, 6.07) is 6.40. The highest BCUT2D eigenvalue weighted by atomic mass is 16.5. The summed E-state index contributed by atoms with van der Waals surface area (Å²) in [7, 11) is 2.16. The molecule has 0 aromatic heterocycles. The minimum Gasteiger partial charge on any atom is -0.504 e. The van der Waals surface area contributed by atoms with Gasteiger partial charge in [0.15, 0.2) is 11.5 Å². The van der Waals surface area contributed by atoms with Crippen LogP contribution >= 0.6 is 0 Å². The minimum atomic E-state index is 0.296. The average Bonchev–Trinajstić information content (AvgIpc) is 2.43. The van der Waals surface area contributed by atoms with E-state index in [1.54, 1.807) is 0 Å². The van der Waals surface area contributed by atoms with Crippen LogP contribution in [0.4, 0.5) is 0 Å². The van der Waals surface area contributed by atoms with Gasteiger partial charge in [-0.3, -0.25) is 4.90 Å². The van der Waals surface area contributed by atoms with Gasteiger partial charge in [0.1, 0.15) is 0 Å². The molecular weight excluding hydrogens is 250 g/mol. The molecule has 2 atom stereocenters. The standard InChI is InChI=1S/C17H27NO2/c1-4-20-16-10-6-8-14(17(16)19)12-18(3)15-9-5-7-13(2)11-15/h6,8,10,13,15,19H,4-5,7,9,11-12H2,1-3H3. The summed E-state index contributed by atoms with van der Waals surface area (Å²) in [5, 5.41) is 10.3. The van der Waals surface area contributed by atoms with Gasteiger partial charge in [0.05, 0.1) is 6.61 Å². The van der Waals surface area contributed by atoms with Gasteiger partial charge in [-0.15, -0.1) is 0 Å². The first-order chi connectivity index (χ1) is 9.61. The number of aromatic hydroxyl groups is 1. The van der Waals surface area contributed by atoms with Gasteiger partial charge in [0.25, 0.3) is 0 Å². The summed E-state index contributed by atoms with van der Waals surface area (Å²) in [6.45, 7) is 5.63. The fourth-order valence-corrected chi connectivity index (χ4v) is 3.17. The Hall–Kier alpha value is -1.22. The fraction of sp³-hybridized carbons (Fsp3) is 0.647. The zero-order chi connectivity index (χ0) is 14.5. The smallest absolute Gasteiger partial charge is 0.162 e. The van der Waals surface area contributed by atoms with E-state index in [9.17, 15) is 5.11 Å². The number of ether oxygens (including phenoxy) is 1. The number of hydrogen-bond acceptors (Lipinski definition) is 3. The van der Waals surface area contributed by atoms with Crippen molar-refractivity contribution in [1.82, 2.24) is 4.90 Å². The molecule has 3 heteroatoms. The molecule has 1 aromatic carbocycles. The van der Waals surface area contributed by atoms with Gasteiger partial charge in [-0.25, -0.2) is 0 Å². The quantitative estimate of drug-likeness (QED) is 0.888. The lowest BCUT2D eigenvalue weighted by atomic mass is 9.86. The van der Waals surface area contributed by atoms with Gasteiger partial charge in [-0.05, 0) is 38.8 Å². The van der Waals surface area contributed by atoms with E-state index in [4.69, 9.17) is 4.74 Å². The molecule has 1 N–H and O–H groups in total. The Labute approximate surface area is 122 Å². The third-order valence-corrected chi connectivity index (χ3v) is 4.33. The molecule has 1 aromatic rings. The van der Waals surface area contributed by atoms with Crippen molar-refractivity contribution in [2.75, 3.05) is 13.7 Å². The SMILES string of the molecule is CCOc1cccc(CN(C)C2CCCC(C)C2)c1O. The molecule has 0 saturated heterocycles. The number of benzene rings is 1. The maximum absolute atomic E-state index is 10.3. The van der Waals surface area contributed by atoms with Crippen LogP contribution in [-0.2, 0) is 6.54 Å². The molecule has 0 amide bonds. The Morgan fingerprint density at radius 1 is 1.35 bits per heavy atom. The largest absolute Gasteiger partial charge is 0.504 e. The molecule has 0 heterocycles. The van der Waals surface area contributed by atoms with Crippen LogP contribution < -0.4 is 4.74 Å². The highest BCUT2D eigenvalue weighted by Gasteiger charge is 2.23. The second-order valence-corrected chi connectivity index (χ2v) is 6.04. The van der Waals surface area contributed by atoms with Crippen molar-refractivity contribution in [3.63, 3.8) is 0 Å². The summed E-state index contributed by atoms with van der Waals surface area (Å²) < 4.78 is 5.45. The van der Waals surface area contributed by atoms with E-state index in [0.29, 0.717) is 24.1 Å². The van der Waals surface area contributed by atoms with E-state index in [-0.39, 0.29) is 0 Å². The highest BCUT2D eigenvalue weighted by molar-refractivity contribution is 5.45. The molecule has 1 aliphatic rings. The molecule has 1 aliphatic carbocycles. The number of hydrogen-bond donors (Lipinski definition) is 1. The molecule has 0 spiro atoms. The van der Waals surface area contributed by atoms with Crippen molar-refractivity contribution in [3.8, 4) is 11.5 Å². The van der Waals surface area contributed by atoms with Crippen LogP contribution in [0.25, 0.3) is 0 Å². The molecule has 3 nitrogen and oxygen atoms in total. The predicted octanol–water partition coefficient (Wildman–Crippen LogP) is 3.80. The van der Waals surface area contributed by atoms with Crippen molar-refractivity contribution in [1.29, 1.82) is 0 Å². The third kappa shape index (κ3) is 3.66. The Morgan fingerprint density at radius 2 is 2.15 bits per heavy atom. The van der Waals surface area contributed by atoms with Crippen LogP contribution in [0.3, 0.4) is 0 Å². The van der Waals surface area contributed by atoms with Gasteiger partial charge < -0.3 is 9.84 Å². The van der Waals surface area contributed by atoms with Gasteiger partial charge >= 0.3 is 0 Å². The topological polar surface area (TPSA) is 32.7 Å². The Morgan fingerprint density at radius 3 is 2.85 bits per heavy atom. The lowest BCUT2D eigenvalue weighted by Crippen LogP contribution is -2.35. The lowest BCUT2D eigenvalue weighted by molar-refractivity contribution is 0.156. The van der Waals surface area contributed by atoms with Crippen LogP contribution in [0.1, 0.15) is 45.1 Å². The summed E-state index contributed by atoms with van der Waals surface area (Å²) in [5.74, 6) is 1.71. The number of phenols is 1. The van der Waals surface area contributed by atoms with Gasteiger partial charge in [0, 0.05) is 18.2 Å². The maximum Gasteiger partial charge on any atom is 0.162 e. The van der Waals surface area contributed by atoms with Crippen LogP contribution in [-0.4, -0.2) is 29.7 Å². The van der Waals surface area contributed by atoms with Gasteiger partial charge in [0.2, 0.25) is 0 Å². The lowest BCUT2D eigenvalue weighted by Gasteiger charge is -2.34. The van der Waals surface area contributed by atoms with Gasteiger partial charge in [-0.2, -0.15) is 0 Å². The summed E-state index contributed by atoms with van der Waals surface area (Å²) in [4.78, 5) is 2.38. The molecule has 2 rings (SSSR count). The van der Waals surface area contributed by atoms with Crippen molar-refractivity contribution in [2.45, 2.75) is 52.1 Å². The number of phenolic OH excluding ortho intramolecular Hbond substituents is 1. The second kappa shape index (κ2) is 6.98. The van der Waals surface area contributed by atoms with Crippen molar-refractivity contribution >= 4 is 0 Å². The van der Waals surface area contributed by atoms with Crippen LogP contribution in [0, 0.1) is 5.92 Å². The van der Waals surface area contributed by atoms with Crippen molar-refractivity contribution < 1.29 is 9.84 Å². The van der Waals surface area contributed by atoms with E-state index in [1.165, 1.54) is 25.7 Å². The molecule has 1 saturated carbocycles. The summed E-state index contributed by atoms with van der Waals surface area (Å²) in [5.41, 5.74) is 0.955. The molecule has 112 valence electrons. The zero-order valence-electron chi connectivity index (χ0n) is 12.9. The number of rotatable bonds is 5. The van der Waals surface area contributed by atoms with Crippen LogP contribution in [0.2, 0.25) is 0 Å². The average molecular weight is 277 g/mol. The van der Waals surface area contributed by atoms with Crippen LogP contribution in [0.15, 0.2) is 18.2 Å². The molecular formula is C17H27NO2. The first kappa shape index (κ1) is 15.2. The Bertz CT molecular complexity index is 433. The molecule has 0 bridgehead atoms.